The molecule has 0 saturated heterocycles. The lowest BCUT2D eigenvalue weighted by Gasteiger charge is -2.08. The molecule has 8 heteroatoms. The van der Waals surface area contributed by atoms with Gasteiger partial charge in [0.1, 0.15) is 11.7 Å². The minimum absolute atomic E-state index is 0.230. The predicted octanol–water partition coefficient (Wildman–Crippen LogP) is 3.19. The third-order valence-electron chi connectivity index (χ3n) is 4.03. The topological polar surface area (TPSA) is 116 Å². The van der Waals surface area contributed by atoms with Gasteiger partial charge in [0.2, 0.25) is 5.78 Å². The molecule has 0 radical (unpaired) electrons. The number of nitrogens with one attached hydrogen (secondary N) is 1. The van der Waals surface area contributed by atoms with Crippen molar-refractivity contribution in [2.45, 2.75) is 12.3 Å². The molecule has 0 fully saturated rings. The van der Waals surface area contributed by atoms with Gasteiger partial charge in [0.25, 0.3) is 5.91 Å². The Morgan fingerprint density at radius 2 is 1.96 bits per heavy atom. The van der Waals surface area contributed by atoms with Crippen LogP contribution >= 0.6 is 11.3 Å². The molecule has 7 nitrogen and oxygen atoms in total. The summed E-state index contributed by atoms with van der Waals surface area (Å²) in [7, 11) is 1.55. The summed E-state index contributed by atoms with van der Waals surface area (Å²) < 4.78 is 5.95. The maximum atomic E-state index is 12.5. The zero-order valence-electron chi connectivity index (χ0n) is 14.8. The molecule has 0 bridgehead atoms. The molecule has 0 spiro atoms. The minimum atomic E-state index is -1.23. The number of ketones is 1. The zero-order valence-corrected chi connectivity index (χ0v) is 15.6. The molecule has 1 heterocycles. The Labute approximate surface area is 164 Å². The molecular weight excluding hydrogens is 376 g/mol. The maximum absolute atomic E-state index is 12.5. The number of fused-ring (bicyclic) bond motifs is 1. The second kappa shape index (κ2) is 8.30. The van der Waals surface area contributed by atoms with Crippen LogP contribution in [0, 0.1) is 22.7 Å². The van der Waals surface area contributed by atoms with E-state index >= 15 is 0 Å². The van der Waals surface area contributed by atoms with E-state index in [1.807, 2.05) is 12.1 Å². The second-order valence-corrected chi connectivity index (χ2v) is 6.84. The van der Waals surface area contributed by atoms with Crippen LogP contribution in [0.5, 0.6) is 5.75 Å². The molecule has 1 aromatic heterocycles. The van der Waals surface area contributed by atoms with Crippen molar-refractivity contribution in [1.82, 2.24) is 4.98 Å². The van der Waals surface area contributed by atoms with Gasteiger partial charge in [-0.3, -0.25) is 14.9 Å². The highest BCUT2D eigenvalue weighted by Gasteiger charge is 2.27. The summed E-state index contributed by atoms with van der Waals surface area (Å²) in [5, 5.41) is 20.8. The van der Waals surface area contributed by atoms with Crippen LogP contribution in [0.15, 0.2) is 42.5 Å². The van der Waals surface area contributed by atoms with Gasteiger partial charge in [-0.15, -0.1) is 0 Å². The number of nitrogens with zero attached hydrogens (tertiary/aromatic N) is 3. The van der Waals surface area contributed by atoms with E-state index < -0.39 is 17.6 Å². The fraction of sp³-hybridized carbons (Fsp3) is 0.150. The first-order chi connectivity index (χ1) is 13.5. The third-order valence-corrected chi connectivity index (χ3v) is 4.96. The SMILES string of the molecule is COc1ccc2nc(NC(=O)C(=O)C(C#N)c3ccc(CC#N)cc3)sc2c1. The Kier molecular flexibility index (Phi) is 5.64. The van der Waals surface area contributed by atoms with Crippen LogP contribution in [0.4, 0.5) is 5.13 Å². The quantitative estimate of drug-likeness (QED) is 0.646. The molecular formula is C20H14N4O3S. The van der Waals surface area contributed by atoms with Crippen LogP contribution in [0.3, 0.4) is 0 Å². The normalized spacial score (nSPS) is 11.2. The number of amides is 1. The summed E-state index contributed by atoms with van der Waals surface area (Å²) in [5.41, 5.74) is 1.83. The highest BCUT2D eigenvalue weighted by atomic mass is 32.1. The van der Waals surface area contributed by atoms with Crippen molar-refractivity contribution in [3.05, 3.63) is 53.6 Å². The van der Waals surface area contributed by atoms with Crippen molar-refractivity contribution < 1.29 is 14.3 Å². The highest BCUT2D eigenvalue weighted by Crippen LogP contribution is 2.29. The van der Waals surface area contributed by atoms with E-state index in [4.69, 9.17) is 10.00 Å². The summed E-state index contributed by atoms with van der Waals surface area (Å²) in [4.78, 5) is 29.1. The van der Waals surface area contributed by atoms with E-state index in [1.54, 1.807) is 49.6 Å². The van der Waals surface area contributed by atoms with E-state index in [0.717, 1.165) is 10.3 Å². The lowest BCUT2D eigenvalue weighted by Crippen LogP contribution is -2.27. The number of hydrogen-bond donors (Lipinski definition) is 1. The predicted molar refractivity (Wildman–Crippen MR) is 104 cm³/mol. The van der Waals surface area contributed by atoms with E-state index in [2.05, 4.69) is 10.3 Å². The number of nitriles is 2. The average Bonchev–Trinajstić information content (AvgIpc) is 3.11. The monoisotopic (exact) mass is 390 g/mol. The molecule has 3 aromatic rings. The molecule has 138 valence electrons. The average molecular weight is 390 g/mol. The van der Waals surface area contributed by atoms with E-state index in [-0.39, 0.29) is 11.6 Å². The highest BCUT2D eigenvalue weighted by molar-refractivity contribution is 7.22. The first-order valence-corrected chi connectivity index (χ1v) is 9.02. The Morgan fingerprint density at radius 3 is 2.61 bits per heavy atom. The lowest BCUT2D eigenvalue weighted by molar-refractivity contribution is -0.135. The van der Waals surface area contributed by atoms with Crippen LogP contribution in [-0.2, 0) is 16.0 Å². The largest absolute Gasteiger partial charge is 0.497 e. The Morgan fingerprint density at radius 1 is 1.21 bits per heavy atom. The van der Waals surface area contributed by atoms with Crippen molar-refractivity contribution in [3.63, 3.8) is 0 Å². The van der Waals surface area contributed by atoms with Crippen LogP contribution in [0.2, 0.25) is 0 Å². The number of ether oxygens (including phenoxy) is 1. The van der Waals surface area contributed by atoms with Crippen LogP contribution in [0.1, 0.15) is 17.0 Å². The van der Waals surface area contributed by atoms with E-state index in [0.29, 0.717) is 16.8 Å². The zero-order chi connectivity index (χ0) is 20.1. The first kappa shape index (κ1) is 19.0. The van der Waals surface area contributed by atoms with Gasteiger partial charge in [0.05, 0.1) is 35.9 Å². The van der Waals surface area contributed by atoms with Crippen LogP contribution < -0.4 is 10.1 Å². The Balaban J connectivity index is 1.76. The molecule has 0 aliphatic carbocycles. The number of thiazole rings is 1. The van der Waals surface area contributed by atoms with Crippen LogP contribution in [-0.4, -0.2) is 23.8 Å². The number of anilines is 1. The number of rotatable bonds is 6. The van der Waals surface area contributed by atoms with Crippen molar-refractivity contribution in [1.29, 1.82) is 10.5 Å². The summed E-state index contributed by atoms with van der Waals surface area (Å²) in [6.07, 6.45) is 0.230. The molecule has 2 aromatic carbocycles. The second-order valence-electron chi connectivity index (χ2n) is 5.81. The van der Waals surface area contributed by atoms with Gasteiger partial charge in [-0.2, -0.15) is 10.5 Å². The molecule has 1 unspecified atom stereocenters. The molecule has 0 saturated carbocycles. The van der Waals surface area contributed by atoms with Gasteiger partial charge in [0.15, 0.2) is 5.13 Å². The lowest BCUT2D eigenvalue weighted by atomic mass is 9.94. The fourth-order valence-corrected chi connectivity index (χ4v) is 3.47. The Hall–Kier alpha value is -3.75. The van der Waals surface area contributed by atoms with E-state index in [9.17, 15) is 14.9 Å². The van der Waals surface area contributed by atoms with Crippen molar-refractivity contribution >= 4 is 38.4 Å². The van der Waals surface area contributed by atoms with Gasteiger partial charge in [0, 0.05) is 0 Å². The Bertz CT molecular complexity index is 1120. The van der Waals surface area contributed by atoms with Gasteiger partial charge in [-0.05, 0) is 29.3 Å². The van der Waals surface area contributed by atoms with Gasteiger partial charge < -0.3 is 4.74 Å². The van der Waals surface area contributed by atoms with Crippen LogP contribution in [0.25, 0.3) is 10.2 Å². The minimum Gasteiger partial charge on any atom is -0.497 e. The molecule has 28 heavy (non-hydrogen) atoms. The molecule has 3 rings (SSSR count). The number of aromatic nitrogens is 1. The summed E-state index contributed by atoms with van der Waals surface area (Å²) in [5.74, 6) is -2.34. The van der Waals surface area contributed by atoms with Crippen molar-refractivity contribution in [3.8, 4) is 17.9 Å². The number of Topliss-reactive ketones (excluding diaryl/α,β-unsaturated/α-hetero) is 1. The number of hydrogen-bond acceptors (Lipinski definition) is 7. The third kappa shape index (κ3) is 3.98. The molecule has 1 N–H and O–H groups in total. The number of carbonyl (C=O) groups excluding carboxylic acids is 2. The molecule has 0 aliphatic heterocycles. The number of methoxy groups -OCH3 is 1. The number of carbonyl (C=O) groups is 2. The molecule has 1 amide bonds. The molecule has 1 atom stereocenters. The van der Waals surface area contributed by atoms with Gasteiger partial charge in [-0.25, -0.2) is 4.98 Å². The summed E-state index contributed by atoms with van der Waals surface area (Å²) in [6.45, 7) is 0. The fourth-order valence-electron chi connectivity index (χ4n) is 2.58. The summed E-state index contributed by atoms with van der Waals surface area (Å²) in [6, 6.07) is 15.7. The summed E-state index contributed by atoms with van der Waals surface area (Å²) >= 11 is 1.21. The standard InChI is InChI=1S/C20H14N4O3S/c1-27-14-6-7-16-17(10-14)28-20(23-16)24-19(26)18(25)15(11-22)13-4-2-12(3-5-13)8-9-21/h2-7,10,15H,8H2,1H3,(H,23,24,26). The first-order valence-electron chi connectivity index (χ1n) is 8.21. The van der Waals surface area contributed by atoms with E-state index in [1.165, 1.54) is 11.3 Å². The van der Waals surface area contributed by atoms with Crippen molar-refractivity contribution in [2.75, 3.05) is 12.4 Å². The van der Waals surface area contributed by atoms with Gasteiger partial charge in [-0.1, -0.05) is 35.6 Å². The number of benzene rings is 2. The van der Waals surface area contributed by atoms with Crippen molar-refractivity contribution in [2.24, 2.45) is 0 Å². The smallest absolute Gasteiger partial charge is 0.295 e. The maximum Gasteiger partial charge on any atom is 0.295 e. The van der Waals surface area contributed by atoms with Gasteiger partial charge >= 0.3 is 0 Å². The molecule has 0 aliphatic rings.